The smallest absolute Gasteiger partial charge is 0.327 e. The van der Waals surface area contributed by atoms with Crippen molar-refractivity contribution in [3.63, 3.8) is 0 Å². The molecular weight excluding hydrogens is 298 g/mol. The van der Waals surface area contributed by atoms with Crippen LogP contribution >= 0.6 is 11.3 Å². The van der Waals surface area contributed by atoms with Gasteiger partial charge in [-0.25, -0.2) is 9.78 Å². The van der Waals surface area contributed by atoms with Crippen molar-refractivity contribution in [2.75, 3.05) is 7.11 Å². The number of hydrogen-bond acceptors (Lipinski definition) is 6. The van der Waals surface area contributed by atoms with Gasteiger partial charge in [0.05, 0.1) is 29.4 Å². The van der Waals surface area contributed by atoms with Crippen LogP contribution in [0, 0.1) is 18.3 Å². The Morgan fingerprint density at radius 3 is 2.86 bits per heavy atom. The molecule has 0 fully saturated rings. The fraction of sp³-hybridized carbons (Fsp3) is 0.312. The van der Waals surface area contributed by atoms with Crippen molar-refractivity contribution in [3.8, 4) is 6.07 Å². The number of rotatable bonds is 5. The number of esters is 1. The molecule has 0 bridgehead atoms. The molecule has 5 nitrogen and oxygen atoms in total. The van der Waals surface area contributed by atoms with Gasteiger partial charge in [0, 0.05) is 11.4 Å². The number of nitrogens with zero attached hydrogens (tertiary/aromatic N) is 2. The number of nitriles is 1. The van der Waals surface area contributed by atoms with Gasteiger partial charge in [-0.1, -0.05) is 12.1 Å². The minimum absolute atomic E-state index is 0.111. The first kappa shape index (κ1) is 16.1. The van der Waals surface area contributed by atoms with Crippen molar-refractivity contribution >= 4 is 17.3 Å². The van der Waals surface area contributed by atoms with Gasteiger partial charge in [0.15, 0.2) is 0 Å². The van der Waals surface area contributed by atoms with Crippen LogP contribution < -0.4 is 5.32 Å². The van der Waals surface area contributed by atoms with Crippen LogP contribution in [0.2, 0.25) is 0 Å². The summed E-state index contributed by atoms with van der Waals surface area (Å²) in [6.07, 6.45) is 0. The molecule has 0 aliphatic heterocycles. The molecule has 0 radical (unpaired) electrons. The van der Waals surface area contributed by atoms with Gasteiger partial charge in [0.1, 0.15) is 6.04 Å². The Bertz CT molecular complexity index is 705. The molecule has 0 aliphatic carbocycles. The number of aromatic nitrogens is 1. The summed E-state index contributed by atoms with van der Waals surface area (Å²) in [7, 11) is 1.35. The van der Waals surface area contributed by atoms with E-state index >= 15 is 0 Å². The van der Waals surface area contributed by atoms with Gasteiger partial charge in [-0.2, -0.15) is 5.26 Å². The van der Waals surface area contributed by atoms with Crippen molar-refractivity contribution in [2.24, 2.45) is 0 Å². The van der Waals surface area contributed by atoms with Gasteiger partial charge in [-0.3, -0.25) is 5.32 Å². The van der Waals surface area contributed by atoms with E-state index in [2.05, 4.69) is 16.4 Å². The fourth-order valence-corrected chi connectivity index (χ4v) is 2.83. The highest BCUT2D eigenvalue weighted by atomic mass is 32.1. The number of ether oxygens (including phenoxy) is 1. The van der Waals surface area contributed by atoms with Crippen LogP contribution in [0.3, 0.4) is 0 Å². The van der Waals surface area contributed by atoms with E-state index in [1.807, 2.05) is 19.2 Å². The Morgan fingerprint density at radius 1 is 1.50 bits per heavy atom. The summed E-state index contributed by atoms with van der Waals surface area (Å²) < 4.78 is 4.88. The lowest BCUT2D eigenvalue weighted by atomic mass is 10.0. The second kappa shape index (κ2) is 7.16. The molecule has 0 saturated heterocycles. The molecule has 2 aromatic rings. The molecule has 1 aromatic carbocycles. The lowest BCUT2D eigenvalue weighted by Crippen LogP contribution is -2.32. The van der Waals surface area contributed by atoms with Crippen LogP contribution in [0.1, 0.15) is 40.8 Å². The molecule has 0 saturated carbocycles. The molecule has 1 aromatic heterocycles. The van der Waals surface area contributed by atoms with Gasteiger partial charge in [0.2, 0.25) is 0 Å². The van der Waals surface area contributed by atoms with Gasteiger partial charge < -0.3 is 4.74 Å². The summed E-state index contributed by atoms with van der Waals surface area (Å²) >= 11 is 1.57. The lowest BCUT2D eigenvalue weighted by molar-refractivity contribution is -0.143. The molecule has 0 spiro atoms. The van der Waals surface area contributed by atoms with E-state index in [1.54, 1.807) is 35.6 Å². The molecule has 2 rings (SSSR count). The van der Waals surface area contributed by atoms with Crippen LogP contribution in [0.4, 0.5) is 0 Å². The molecule has 22 heavy (non-hydrogen) atoms. The quantitative estimate of drug-likeness (QED) is 0.859. The summed E-state index contributed by atoms with van der Waals surface area (Å²) in [6.45, 7) is 3.88. The predicted octanol–water partition coefficient (Wildman–Crippen LogP) is 2.89. The normalized spacial score (nSPS) is 13.2. The number of thiazole rings is 1. The summed E-state index contributed by atoms with van der Waals surface area (Å²) in [5, 5.41) is 15.2. The Kier molecular flexibility index (Phi) is 5.26. The van der Waals surface area contributed by atoms with E-state index in [-0.39, 0.29) is 6.04 Å². The molecule has 0 aliphatic rings. The number of hydrogen-bond donors (Lipinski definition) is 1. The average Bonchev–Trinajstić information content (AvgIpc) is 2.98. The average molecular weight is 315 g/mol. The van der Waals surface area contributed by atoms with Crippen LogP contribution in [0.15, 0.2) is 29.6 Å². The highest BCUT2D eigenvalue weighted by molar-refractivity contribution is 7.09. The molecule has 1 N–H and O–H groups in total. The van der Waals surface area contributed by atoms with Gasteiger partial charge >= 0.3 is 5.97 Å². The second-order valence-electron chi connectivity index (χ2n) is 4.87. The highest BCUT2D eigenvalue weighted by Gasteiger charge is 2.24. The summed E-state index contributed by atoms with van der Waals surface area (Å²) in [5.74, 6) is -0.395. The third-order valence-electron chi connectivity index (χ3n) is 3.28. The lowest BCUT2D eigenvalue weighted by Gasteiger charge is -2.21. The number of benzene rings is 1. The first-order chi connectivity index (χ1) is 10.5. The van der Waals surface area contributed by atoms with E-state index < -0.39 is 12.0 Å². The maximum absolute atomic E-state index is 12.1. The zero-order valence-electron chi connectivity index (χ0n) is 12.7. The van der Waals surface area contributed by atoms with E-state index in [1.165, 1.54) is 7.11 Å². The van der Waals surface area contributed by atoms with E-state index in [0.29, 0.717) is 11.1 Å². The van der Waals surface area contributed by atoms with Crippen molar-refractivity contribution in [1.29, 1.82) is 5.26 Å². The molecule has 1 heterocycles. The number of aryl methyl sites for hydroxylation is 1. The summed E-state index contributed by atoms with van der Waals surface area (Å²) in [6, 6.07) is 8.26. The predicted molar refractivity (Wildman–Crippen MR) is 84.3 cm³/mol. The fourth-order valence-electron chi connectivity index (χ4n) is 2.12. The third kappa shape index (κ3) is 3.70. The van der Waals surface area contributed by atoms with Gasteiger partial charge in [-0.05, 0) is 31.5 Å². The third-order valence-corrected chi connectivity index (χ3v) is 4.07. The van der Waals surface area contributed by atoms with Crippen molar-refractivity contribution in [2.45, 2.75) is 25.9 Å². The number of methoxy groups -OCH3 is 1. The Hall–Kier alpha value is -2.23. The van der Waals surface area contributed by atoms with E-state index in [0.717, 1.165) is 10.7 Å². The van der Waals surface area contributed by atoms with Crippen LogP contribution in [-0.2, 0) is 9.53 Å². The highest BCUT2D eigenvalue weighted by Crippen LogP contribution is 2.22. The van der Waals surface area contributed by atoms with Crippen LogP contribution in [0.25, 0.3) is 0 Å². The zero-order chi connectivity index (χ0) is 16.1. The summed E-state index contributed by atoms with van der Waals surface area (Å²) in [5.41, 5.74) is 2.09. The van der Waals surface area contributed by atoms with Crippen molar-refractivity contribution < 1.29 is 9.53 Å². The van der Waals surface area contributed by atoms with Crippen LogP contribution in [-0.4, -0.2) is 18.1 Å². The monoisotopic (exact) mass is 315 g/mol. The molecule has 2 atom stereocenters. The van der Waals surface area contributed by atoms with Gasteiger partial charge in [0.25, 0.3) is 0 Å². The standard InChI is InChI=1S/C16H17N3O2S/c1-10(14-9-22-11(2)19-14)18-15(16(20)21-3)13-6-4-5-12(7-13)8-17/h4-7,9-10,15,18H,1-3H3/t10-,15-/m1/s1. The molecule has 0 unspecified atom stereocenters. The SMILES string of the molecule is COC(=O)[C@H](N[C@H](C)c1csc(C)n1)c1cccc(C#N)c1. The number of carbonyl (C=O) groups excluding carboxylic acids is 1. The number of nitrogens with one attached hydrogen (secondary N) is 1. The van der Waals surface area contributed by atoms with Crippen molar-refractivity contribution in [1.82, 2.24) is 10.3 Å². The topological polar surface area (TPSA) is 75.0 Å². The molecule has 114 valence electrons. The minimum atomic E-state index is -0.643. The Morgan fingerprint density at radius 2 is 2.27 bits per heavy atom. The second-order valence-corrected chi connectivity index (χ2v) is 5.94. The molecule has 6 heteroatoms. The summed E-state index contributed by atoms with van der Waals surface area (Å²) in [4.78, 5) is 16.5. The molecular formula is C16H17N3O2S. The minimum Gasteiger partial charge on any atom is -0.468 e. The first-order valence-electron chi connectivity index (χ1n) is 6.81. The Balaban J connectivity index is 2.26. The van der Waals surface area contributed by atoms with Gasteiger partial charge in [-0.15, -0.1) is 11.3 Å². The largest absolute Gasteiger partial charge is 0.468 e. The molecule has 0 amide bonds. The zero-order valence-corrected chi connectivity index (χ0v) is 13.5. The maximum Gasteiger partial charge on any atom is 0.327 e. The van der Waals surface area contributed by atoms with Crippen molar-refractivity contribution in [3.05, 3.63) is 51.5 Å². The van der Waals surface area contributed by atoms with E-state index in [9.17, 15) is 4.79 Å². The first-order valence-corrected chi connectivity index (χ1v) is 7.69. The van der Waals surface area contributed by atoms with E-state index in [4.69, 9.17) is 10.00 Å². The van der Waals surface area contributed by atoms with Crippen LogP contribution in [0.5, 0.6) is 0 Å². The Labute approximate surface area is 133 Å². The maximum atomic E-state index is 12.1. The number of carbonyl (C=O) groups is 1.